The third kappa shape index (κ3) is 2.02. The summed E-state index contributed by atoms with van der Waals surface area (Å²) in [5.74, 6) is -0.894. The normalized spacial score (nSPS) is 30.5. The number of hydrogen-bond acceptors (Lipinski definition) is 3. The van der Waals surface area contributed by atoms with Crippen molar-refractivity contribution in [2.45, 2.75) is 37.5 Å². The van der Waals surface area contributed by atoms with Crippen LogP contribution in [0.3, 0.4) is 0 Å². The summed E-state index contributed by atoms with van der Waals surface area (Å²) in [5.41, 5.74) is 0.306. The molecule has 3 heterocycles. The summed E-state index contributed by atoms with van der Waals surface area (Å²) in [7, 11) is 0. The Hall–Kier alpha value is -1.49. The van der Waals surface area contributed by atoms with Crippen LogP contribution < -0.4 is 5.32 Å². The number of carbonyl (C=O) groups is 1. The average molecular weight is 236 g/mol. The summed E-state index contributed by atoms with van der Waals surface area (Å²) in [4.78, 5) is 15.3. The van der Waals surface area contributed by atoms with Gasteiger partial charge in [0, 0.05) is 17.8 Å². The van der Waals surface area contributed by atoms with Gasteiger partial charge in [0.05, 0.1) is 18.2 Å². The zero-order valence-corrected chi connectivity index (χ0v) is 9.23. The second-order valence-corrected chi connectivity index (χ2v) is 4.56. The molecule has 0 radical (unpaired) electrons. The highest BCUT2D eigenvalue weighted by Crippen LogP contribution is 2.34. The van der Waals surface area contributed by atoms with Crippen LogP contribution >= 0.6 is 0 Å². The Kier molecular flexibility index (Phi) is 2.55. The minimum Gasteiger partial charge on any atom is -0.373 e. The van der Waals surface area contributed by atoms with E-state index in [0.29, 0.717) is 11.7 Å². The van der Waals surface area contributed by atoms with Gasteiger partial charge in [0.15, 0.2) is 0 Å². The molecule has 2 aliphatic rings. The lowest BCUT2D eigenvalue weighted by Crippen LogP contribution is -2.41. The number of aromatic nitrogens is 1. The molecule has 0 aromatic carbocycles. The Labute approximate surface area is 98.2 Å². The Balaban J connectivity index is 1.68. The van der Waals surface area contributed by atoms with Gasteiger partial charge in [0.25, 0.3) is 5.91 Å². The predicted molar refractivity (Wildman–Crippen MR) is 58.0 cm³/mol. The van der Waals surface area contributed by atoms with Crippen LogP contribution in [0, 0.1) is 5.95 Å². The fourth-order valence-electron chi connectivity index (χ4n) is 2.59. The van der Waals surface area contributed by atoms with Crippen molar-refractivity contribution in [3.63, 3.8) is 0 Å². The van der Waals surface area contributed by atoms with Crippen molar-refractivity contribution in [1.82, 2.24) is 10.3 Å². The highest BCUT2D eigenvalue weighted by Gasteiger charge is 2.41. The van der Waals surface area contributed by atoms with Crippen LogP contribution in [-0.4, -0.2) is 29.1 Å². The topological polar surface area (TPSA) is 51.2 Å². The number of halogens is 1. The molecule has 4 nitrogen and oxygen atoms in total. The van der Waals surface area contributed by atoms with Gasteiger partial charge >= 0.3 is 0 Å². The van der Waals surface area contributed by atoms with Gasteiger partial charge in [-0.25, -0.2) is 4.98 Å². The fourth-order valence-corrected chi connectivity index (χ4v) is 2.59. The van der Waals surface area contributed by atoms with Crippen LogP contribution in [0.1, 0.15) is 29.6 Å². The van der Waals surface area contributed by atoms with Crippen molar-refractivity contribution in [2.24, 2.45) is 0 Å². The monoisotopic (exact) mass is 236 g/mol. The van der Waals surface area contributed by atoms with Crippen molar-refractivity contribution in [3.8, 4) is 0 Å². The standard InChI is InChI=1S/C12H13FN2O2/c13-11-5-7(3-4-14-11)12(16)15-9-6-8-1-2-10(9)17-8/h3-5,8-10H,1-2,6H2,(H,15,16). The first kappa shape index (κ1) is 10.7. The minimum absolute atomic E-state index is 0.0671. The van der Waals surface area contributed by atoms with Gasteiger partial charge in [0.2, 0.25) is 5.95 Å². The number of carbonyl (C=O) groups excluding carboxylic acids is 1. The molecule has 1 aromatic rings. The highest BCUT2D eigenvalue weighted by molar-refractivity contribution is 5.94. The molecular formula is C12H13FN2O2. The van der Waals surface area contributed by atoms with E-state index in [2.05, 4.69) is 10.3 Å². The second-order valence-electron chi connectivity index (χ2n) is 4.56. The molecular weight excluding hydrogens is 223 g/mol. The molecule has 1 amide bonds. The van der Waals surface area contributed by atoms with E-state index in [1.54, 1.807) is 0 Å². The quantitative estimate of drug-likeness (QED) is 0.787. The molecule has 2 bridgehead atoms. The van der Waals surface area contributed by atoms with E-state index in [4.69, 9.17) is 4.74 Å². The minimum atomic E-state index is -0.637. The summed E-state index contributed by atoms with van der Waals surface area (Å²) >= 11 is 0. The smallest absolute Gasteiger partial charge is 0.251 e. The maximum atomic E-state index is 12.9. The first-order valence-corrected chi connectivity index (χ1v) is 5.80. The number of pyridine rings is 1. The number of amides is 1. The molecule has 1 aromatic heterocycles. The lowest BCUT2D eigenvalue weighted by atomic mass is 9.95. The van der Waals surface area contributed by atoms with Gasteiger partial charge in [-0.3, -0.25) is 4.79 Å². The zero-order valence-electron chi connectivity index (χ0n) is 9.23. The Morgan fingerprint density at radius 1 is 1.53 bits per heavy atom. The molecule has 2 fully saturated rings. The van der Waals surface area contributed by atoms with Gasteiger partial charge in [-0.1, -0.05) is 0 Å². The molecule has 2 saturated heterocycles. The molecule has 3 unspecified atom stereocenters. The largest absolute Gasteiger partial charge is 0.373 e. The molecule has 3 atom stereocenters. The Morgan fingerprint density at radius 2 is 2.41 bits per heavy atom. The second kappa shape index (κ2) is 4.07. The van der Waals surface area contributed by atoms with Crippen LogP contribution in [0.25, 0.3) is 0 Å². The van der Waals surface area contributed by atoms with Crippen LogP contribution in [0.5, 0.6) is 0 Å². The molecule has 0 aliphatic carbocycles. The van der Waals surface area contributed by atoms with Crippen LogP contribution in [-0.2, 0) is 4.74 Å². The SMILES string of the molecule is O=C(NC1CC2CCC1O2)c1ccnc(F)c1. The number of ether oxygens (including phenoxy) is 1. The first-order chi connectivity index (χ1) is 8.22. The number of rotatable bonds is 2. The molecule has 0 spiro atoms. The van der Waals surface area contributed by atoms with Crippen molar-refractivity contribution in [3.05, 3.63) is 29.8 Å². The van der Waals surface area contributed by atoms with Gasteiger partial charge in [0.1, 0.15) is 0 Å². The van der Waals surface area contributed by atoms with E-state index in [0.717, 1.165) is 25.3 Å². The van der Waals surface area contributed by atoms with Crippen LogP contribution in [0.2, 0.25) is 0 Å². The lowest BCUT2D eigenvalue weighted by molar-refractivity contribution is 0.0840. The number of fused-ring (bicyclic) bond motifs is 2. The van der Waals surface area contributed by atoms with E-state index < -0.39 is 5.95 Å². The van der Waals surface area contributed by atoms with E-state index in [-0.39, 0.29) is 18.1 Å². The van der Waals surface area contributed by atoms with Crippen LogP contribution in [0.15, 0.2) is 18.3 Å². The van der Waals surface area contributed by atoms with Crippen molar-refractivity contribution >= 4 is 5.91 Å². The molecule has 5 heteroatoms. The summed E-state index contributed by atoms with van der Waals surface area (Å²) in [5, 5.41) is 2.90. The lowest BCUT2D eigenvalue weighted by Gasteiger charge is -2.19. The predicted octanol–water partition coefficient (Wildman–Crippen LogP) is 1.27. The van der Waals surface area contributed by atoms with Gasteiger partial charge in [-0.2, -0.15) is 4.39 Å². The summed E-state index contributed by atoms with van der Waals surface area (Å²) in [6.45, 7) is 0. The van der Waals surface area contributed by atoms with Gasteiger partial charge in [-0.15, -0.1) is 0 Å². The molecule has 90 valence electrons. The number of nitrogens with one attached hydrogen (secondary N) is 1. The maximum Gasteiger partial charge on any atom is 0.251 e. The average Bonchev–Trinajstić information content (AvgIpc) is 2.91. The van der Waals surface area contributed by atoms with E-state index >= 15 is 0 Å². The maximum absolute atomic E-state index is 12.9. The first-order valence-electron chi connectivity index (χ1n) is 5.80. The molecule has 17 heavy (non-hydrogen) atoms. The van der Waals surface area contributed by atoms with Crippen molar-refractivity contribution in [1.29, 1.82) is 0 Å². The number of nitrogens with zero attached hydrogens (tertiary/aromatic N) is 1. The van der Waals surface area contributed by atoms with Crippen molar-refractivity contribution in [2.75, 3.05) is 0 Å². The van der Waals surface area contributed by atoms with E-state index in [1.807, 2.05) is 0 Å². The summed E-state index contributed by atoms with van der Waals surface area (Å²) in [6, 6.07) is 2.72. The Morgan fingerprint density at radius 3 is 3.06 bits per heavy atom. The summed E-state index contributed by atoms with van der Waals surface area (Å²) in [6.07, 6.45) is 4.67. The molecule has 0 saturated carbocycles. The van der Waals surface area contributed by atoms with Crippen LogP contribution in [0.4, 0.5) is 4.39 Å². The number of hydrogen-bond donors (Lipinski definition) is 1. The third-order valence-electron chi connectivity index (χ3n) is 3.41. The Bertz CT molecular complexity index is 452. The third-order valence-corrected chi connectivity index (χ3v) is 3.41. The van der Waals surface area contributed by atoms with E-state index in [1.165, 1.54) is 12.3 Å². The highest BCUT2D eigenvalue weighted by atomic mass is 19.1. The fraction of sp³-hybridized carbons (Fsp3) is 0.500. The summed E-state index contributed by atoms with van der Waals surface area (Å²) < 4.78 is 18.5. The zero-order chi connectivity index (χ0) is 11.8. The van der Waals surface area contributed by atoms with Gasteiger partial charge < -0.3 is 10.1 Å². The molecule has 3 rings (SSSR count). The van der Waals surface area contributed by atoms with Gasteiger partial charge in [-0.05, 0) is 25.3 Å². The molecule has 1 N–H and O–H groups in total. The van der Waals surface area contributed by atoms with E-state index in [9.17, 15) is 9.18 Å². The molecule has 2 aliphatic heterocycles. The van der Waals surface area contributed by atoms with Crippen molar-refractivity contribution < 1.29 is 13.9 Å².